The molecule has 0 fully saturated rings. The SMILES string of the molecule is Cc1cc(C2=CCc3ccc(Cl)cc32)ccc1Cl. The summed E-state index contributed by atoms with van der Waals surface area (Å²) in [5.74, 6) is 0. The van der Waals surface area contributed by atoms with E-state index in [0.717, 1.165) is 22.0 Å². The Labute approximate surface area is 117 Å². The zero-order valence-electron chi connectivity index (χ0n) is 10.0. The minimum atomic E-state index is 0.784. The largest absolute Gasteiger partial charge is 0.0843 e. The Morgan fingerprint density at radius 1 is 1.00 bits per heavy atom. The van der Waals surface area contributed by atoms with Gasteiger partial charge in [0.1, 0.15) is 0 Å². The lowest BCUT2D eigenvalue weighted by molar-refractivity contribution is 1.31. The van der Waals surface area contributed by atoms with Crippen LogP contribution in [0, 0.1) is 6.92 Å². The van der Waals surface area contributed by atoms with Gasteiger partial charge in [-0.25, -0.2) is 0 Å². The predicted molar refractivity (Wildman–Crippen MR) is 78.4 cm³/mol. The molecule has 0 saturated heterocycles. The number of hydrogen-bond donors (Lipinski definition) is 0. The van der Waals surface area contributed by atoms with Crippen molar-refractivity contribution in [1.82, 2.24) is 0 Å². The highest BCUT2D eigenvalue weighted by Gasteiger charge is 2.16. The minimum absolute atomic E-state index is 0.784. The van der Waals surface area contributed by atoms with Gasteiger partial charge in [0.05, 0.1) is 0 Å². The summed E-state index contributed by atoms with van der Waals surface area (Å²) >= 11 is 12.2. The summed E-state index contributed by atoms with van der Waals surface area (Å²) in [7, 11) is 0. The zero-order chi connectivity index (χ0) is 12.7. The molecule has 2 aromatic rings. The van der Waals surface area contributed by atoms with E-state index in [0.29, 0.717) is 0 Å². The third-order valence-electron chi connectivity index (χ3n) is 3.36. The van der Waals surface area contributed by atoms with Gasteiger partial charge < -0.3 is 0 Å². The molecule has 0 aromatic heterocycles. The highest BCUT2D eigenvalue weighted by Crippen LogP contribution is 2.35. The number of fused-ring (bicyclic) bond motifs is 1. The van der Waals surface area contributed by atoms with E-state index < -0.39 is 0 Å². The number of benzene rings is 2. The summed E-state index contributed by atoms with van der Waals surface area (Å²) in [5.41, 5.74) is 6.14. The van der Waals surface area contributed by atoms with E-state index in [-0.39, 0.29) is 0 Å². The van der Waals surface area contributed by atoms with Crippen LogP contribution in [0.3, 0.4) is 0 Å². The van der Waals surface area contributed by atoms with Crippen LogP contribution in [0.1, 0.15) is 22.3 Å². The van der Waals surface area contributed by atoms with Gasteiger partial charge in [-0.15, -0.1) is 0 Å². The van der Waals surface area contributed by atoms with Crippen LogP contribution >= 0.6 is 23.2 Å². The molecule has 2 heteroatoms. The lowest BCUT2D eigenvalue weighted by Gasteiger charge is -2.08. The number of halogens is 2. The van der Waals surface area contributed by atoms with E-state index in [4.69, 9.17) is 23.2 Å². The first-order valence-corrected chi connectivity index (χ1v) is 6.66. The monoisotopic (exact) mass is 274 g/mol. The van der Waals surface area contributed by atoms with Crippen LogP contribution in [-0.2, 0) is 6.42 Å². The fourth-order valence-corrected chi connectivity index (χ4v) is 2.67. The van der Waals surface area contributed by atoms with Crippen LogP contribution in [0.25, 0.3) is 5.57 Å². The predicted octanol–water partition coefficient (Wildman–Crippen LogP) is 5.29. The van der Waals surface area contributed by atoms with Gasteiger partial charge in [-0.1, -0.05) is 41.4 Å². The molecule has 0 radical (unpaired) electrons. The smallest absolute Gasteiger partial charge is 0.0435 e. The third-order valence-corrected chi connectivity index (χ3v) is 4.02. The fourth-order valence-electron chi connectivity index (χ4n) is 2.38. The van der Waals surface area contributed by atoms with Gasteiger partial charge in [-0.2, -0.15) is 0 Å². The Bertz CT molecular complexity index is 654. The highest BCUT2D eigenvalue weighted by molar-refractivity contribution is 6.31. The van der Waals surface area contributed by atoms with Crippen molar-refractivity contribution in [3.8, 4) is 0 Å². The van der Waals surface area contributed by atoms with Crippen molar-refractivity contribution in [2.45, 2.75) is 13.3 Å². The number of rotatable bonds is 1. The van der Waals surface area contributed by atoms with Crippen molar-refractivity contribution in [3.05, 3.63) is 74.8 Å². The molecule has 90 valence electrons. The maximum absolute atomic E-state index is 6.08. The lowest BCUT2D eigenvalue weighted by Crippen LogP contribution is -1.88. The summed E-state index contributed by atoms with van der Waals surface area (Å²) in [4.78, 5) is 0. The van der Waals surface area contributed by atoms with Gasteiger partial charge in [-0.05, 0) is 65.4 Å². The standard InChI is InChI=1S/C16H12Cl2/c1-10-8-12(4-7-16(10)18)14-6-3-11-2-5-13(17)9-15(11)14/h2,4-9H,3H2,1H3. The molecule has 0 spiro atoms. The first-order chi connectivity index (χ1) is 8.65. The van der Waals surface area contributed by atoms with E-state index >= 15 is 0 Å². The first kappa shape index (κ1) is 11.8. The first-order valence-electron chi connectivity index (χ1n) is 5.90. The van der Waals surface area contributed by atoms with E-state index in [1.54, 1.807) is 0 Å². The van der Waals surface area contributed by atoms with E-state index in [2.05, 4.69) is 24.3 Å². The quantitative estimate of drug-likeness (QED) is 0.663. The fraction of sp³-hybridized carbons (Fsp3) is 0.125. The maximum atomic E-state index is 6.08. The summed E-state index contributed by atoms with van der Waals surface area (Å²) in [5, 5.41) is 1.59. The van der Waals surface area contributed by atoms with Crippen LogP contribution in [0.2, 0.25) is 10.0 Å². The lowest BCUT2D eigenvalue weighted by atomic mass is 9.98. The second-order valence-corrected chi connectivity index (χ2v) is 5.43. The summed E-state index contributed by atoms with van der Waals surface area (Å²) in [6, 6.07) is 12.2. The van der Waals surface area contributed by atoms with Crippen molar-refractivity contribution < 1.29 is 0 Å². The molecule has 18 heavy (non-hydrogen) atoms. The van der Waals surface area contributed by atoms with E-state index in [1.807, 2.05) is 25.1 Å². The van der Waals surface area contributed by atoms with Crippen LogP contribution in [0.15, 0.2) is 42.5 Å². The maximum Gasteiger partial charge on any atom is 0.0435 e. The molecule has 2 aromatic carbocycles. The van der Waals surface area contributed by atoms with Crippen molar-refractivity contribution in [1.29, 1.82) is 0 Å². The van der Waals surface area contributed by atoms with Crippen molar-refractivity contribution >= 4 is 28.8 Å². The van der Waals surface area contributed by atoms with Gasteiger partial charge >= 0.3 is 0 Å². The van der Waals surface area contributed by atoms with Crippen molar-refractivity contribution in [2.24, 2.45) is 0 Å². The van der Waals surface area contributed by atoms with Gasteiger partial charge in [0.2, 0.25) is 0 Å². The molecule has 0 nitrogen and oxygen atoms in total. The van der Waals surface area contributed by atoms with E-state index in [9.17, 15) is 0 Å². The van der Waals surface area contributed by atoms with Crippen molar-refractivity contribution in [3.63, 3.8) is 0 Å². The van der Waals surface area contributed by atoms with Crippen LogP contribution in [0.5, 0.6) is 0 Å². The molecule has 0 unspecified atom stereocenters. The van der Waals surface area contributed by atoms with Crippen molar-refractivity contribution in [2.75, 3.05) is 0 Å². The second kappa shape index (κ2) is 4.46. The van der Waals surface area contributed by atoms with E-state index in [1.165, 1.54) is 22.3 Å². The Hall–Kier alpha value is -1.24. The molecule has 0 bridgehead atoms. The molecule has 0 N–H and O–H groups in total. The van der Waals surface area contributed by atoms with Crippen LogP contribution in [0.4, 0.5) is 0 Å². The number of aryl methyl sites for hydroxylation is 1. The minimum Gasteiger partial charge on any atom is -0.0843 e. The summed E-state index contributed by atoms with van der Waals surface area (Å²) < 4.78 is 0. The molecular weight excluding hydrogens is 263 g/mol. The molecule has 0 atom stereocenters. The van der Waals surface area contributed by atoms with Gasteiger partial charge in [0, 0.05) is 10.0 Å². The Kier molecular flexibility index (Phi) is 2.93. The Morgan fingerprint density at radius 2 is 1.83 bits per heavy atom. The molecule has 0 saturated carbocycles. The second-order valence-electron chi connectivity index (χ2n) is 4.59. The zero-order valence-corrected chi connectivity index (χ0v) is 11.5. The Morgan fingerprint density at radius 3 is 2.61 bits per heavy atom. The highest BCUT2D eigenvalue weighted by atomic mass is 35.5. The molecule has 0 aliphatic heterocycles. The Balaban J connectivity index is 2.10. The molecular formula is C16H12Cl2. The summed E-state index contributed by atoms with van der Waals surface area (Å²) in [6.45, 7) is 2.03. The third kappa shape index (κ3) is 1.96. The van der Waals surface area contributed by atoms with Gasteiger partial charge in [0.25, 0.3) is 0 Å². The van der Waals surface area contributed by atoms with Crippen LogP contribution in [-0.4, -0.2) is 0 Å². The normalized spacial score (nSPS) is 13.4. The van der Waals surface area contributed by atoms with Crippen LogP contribution < -0.4 is 0 Å². The topological polar surface area (TPSA) is 0 Å². The average Bonchev–Trinajstić information content (AvgIpc) is 2.75. The molecule has 0 amide bonds. The number of allylic oxidation sites excluding steroid dienone is 1. The van der Waals surface area contributed by atoms with Gasteiger partial charge in [0.15, 0.2) is 0 Å². The summed E-state index contributed by atoms with van der Waals surface area (Å²) in [6.07, 6.45) is 3.23. The molecule has 0 heterocycles. The van der Waals surface area contributed by atoms with Gasteiger partial charge in [-0.3, -0.25) is 0 Å². The molecule has 1 aliphatic rings. The number of hydrogen-bond acceptors (Lipinski definition) is 0. The molecule has 1 aliphatic carbocycles. The molecule has 3 rings (SSSR count). The average molecular weight is 275 g/mol.